The standard InChI is InChI=1S/C24H23ClN2O2/c25-23-6-2-1-5-19(23)17-29-22-13-7-18(8-14-22)24(28)26-20-9-11-21(12-10-20)27-15-3-4-16-27/h1-2,5-14H,3-4,15-17H2,(H,26,28). The second-order valence-electron chi connectivity index (χ2n) is 7.10. The van der Waals surface area contributed by atoms with Gasteiger partial charge in [-0.1, -0.05) is 29.8 Å². The van der Waals surface area contributed by atoms with Crippen molar-refractivity contribution in [1.82, 2.24) is 0 Å². The Balaban J connectivity index is 1.33. The summed E-state index contributed by atoms with van der Waals surface area (Å²) >= 11 is 6.15. The highest BCUT2D eigenvalue weighted by molar-refractivity contribution is 6.31. The van der Waals surface area contributed by atoms with Crippen LogP contribution in [0, 0.1) is 0 Å². The van der Waals surface area contributed by atoms with Crippen molar-refractivity contribution < 1.29 is 9.53 Å². The van der Waals surface area contributed by atoms with Crippen LogP contribution in [0.5, 0.6) is 5.75 Å². The fourth-order valence-corrected chi connectivity index (χ4v) is 3.60. The first-order valence-electron chi connectivity index (χ1n) is 9.82. The number of carbonyl (C=O) groups excluding carboxylic acids is 1. The van der Waals surface area contributed by atoms with Crippen LogP contribution in [-0.2, 0) is 6.61 Å². The zero-order valence-corrected chi connectivity index (χ0v) is 16.9. The third kappa shape index (κ3) is 4.90. The van der Waals surface area contributed by atoms with Gasteiger partial charge in [-0.15, -0.1) is 0 Å². The fourth-order valence-electron chi connectivity index (χ4n) is 3.41. The van der Waals surface area contributed by atoms with Gasteiger partial charge in [0, 0.05) is 40.6 Å². The van der Waals surface area contributed by atoms with Crippen LogP contribution < -0.4 is 15.0 Å². The summed E-state index contributed by atoms with van der Waals surface area (Å²) in [5.41, 5.74) is 3.50. The van der Waals surface area contributed by atoms with Gasteiger partial charge in [0.25, 0.3) is 5.91 Å². The summed E-state index contributed by atoms with van der Waals surface area (Å²) in [5.74, 6) is 0.549. The lowest BCUT2D eigenvalue weighted by Gasteiger charge is -2.17. The summed E-state index contributed by atoms with van der Waals surface area (Å²) in [7, 11) is 0. The third-order valence-corrected chi connectivity index (χ3v) is 5.43. The van der Waals surface area contributed by atoms with Crippen LogP contribution in [0.1, 0.15) is 28.8 Å². The Bertz CT molecular complexity index is 965. The number of carbonyl (C=O) groups is 1. The SMILES string of the molecule is O=C(Nc1ccc(N2CCCC2)cc1)c1ccc(OCc2ccccc2Cl)cc1. The average Bonchev–Trinajstić information content (AvgIpc) is 3.29. The lowest BCUT2D eigenvalue weighted by molar-refractivity contribution is 0.102. The van der Waals surface area contributed by atoms with Crippen molar-refractivity contribution in [3.05, 3.63) is 88.9 Å². The minimum absolute atomic E-state index is 0.142. The van der Waals surface area contributed by atoms with E-state index in [1.165, 1.54) is 18.5 Å². The minimum Gasteiger partial charge on any atom is -0.489 e. The fraction of sp³-hybridized carbons (Fsp3) is 0.208. The molecule has 29 heavy (non-hydrogen) atoms. The van der Waals surface area contributed by atoms with Crippen LogP contribution in [0.15, 0.2) is 72.8 Å². The number of ether oxygens (including phenoxy) is 1. The molecule has 3 aromatic carbocycles. The molecule has 0 atom stereocenters. The van der Waals surface area contributed by atoms with E-state index in [4.69, 9.17) is 16.3 Å². The zero-order chi connectivity index (χ0) is 20.1. The Kier molecular flexibility index (Phi) is 6.01. The maximum absolute atomic E-state index is 12.5. The van der Waals surface area contributed by atoms with Crippen LogP contribution in [0.3, 0.4) is 0 Å². The largest absolute Gasteiger partial charge is 0.489 e. The molecule has 1 amide bonds. The molecule has 5 heteroatoms. The van der Waals surface area contributed by atoms with Gasteiger partial charge in [-0.3, -0.25) is 4.79 Å². The summed E-state index contributed by atoms with van der Waals surface area (Å²) < 4.78 is 5.77. The van der Waals surface area contributed by atoms with Gasteiger partial charge in [0.2, 0.25) is 0 Å². The molecule has 1 aliphatic heterocycles. The zero-order valence-electron chi connectivity index (χ0n) is 16.1. The molecule has 0 unspecified atom stereocenters. The summed E-state index contributed by atoms with van der Waals surface area (Å²) in [6.45, 7) is 2.60. The quantitative estimate of drug-likeness (QED) is 0.564. The lowest BCUT2D eigenvalue weighted by Crippen LogP contribution is -2.17. The third-order valence-electron chi connectivity index (χ3n) is 5.07. The molecule has 0 radical (unpaired) electrons. The van der Waals surface area contributed by atoms with E-state index in [2.05, 4.69) is 22.3 Å². The van der Waals surface area contributed by atoms with E-state index in [0.29, 0.717) is 22.9 Å². The molecule has 0 bridgehead atoms. The predicted octanol–water partition coefficient (Wildman–Crippen LogP) is 5.77. The number of nitrogens with zero attached hydrogens (tertiary/aromatic N) is 1. The molecule has 4 nitrogen and oxygen atoms in total. The van der Waals surface area contributed by atoms with E-state index >= 15 is 0 Å². The highest BCUT2D eigenvalue weighted by Gasteiger charge is 2.12. The summed E-state index contributed by atoms with van der Waals surface area (Å²) in [6, 6.07) is 22.7. The lowest BCUT2D eigenvalue weighted by atomic mass is 10.2. The Hall–Kier alpha value is -2.98. The van der Waals surface area contributed by atoms with Gasteiger partial charge in [-0.25, -0.2) is 0 Å². The van der Waals surface area contributed by atoms with Crippen molar-refractivity contribution in [1.29, 1.82) is 0 Å². The number of nitrogens with one attached hydrogen (secondary N) is 1. The van der Waals surface area contributed by atoms with E-state index in [1.807, 2.05) is 36.4 Å². The topological polar surface area (TPSA) is 41.6 Å². The van der Waals surface area contributed by atoms with Crippen LogP contribution in [-0.4, -0.2) is 19.0 Å². The van der Waals surface area contributed by atoms with Gasteiger partial charge in [-0.05, 0) is 67.4 Å². The first kappa shape index (κ1) is 19.3. The van der Waals surface area contributed by atoms with Crippen LogP contribution >= 0.6 is 11.6 Å². The molecule has 1 saturated heterocycles. The average molecular weight is 407 g/mol. The molecule has 1 N–H and O–H groups in total. The summed E-state index contributed by atoms with van der Waals surface area (Å²) in [5, 5.41) is 3.62. The molecule has 0 spiro atoms. The number of halogens is 1. The molecule has 0 aromatic heterocycles. The smallest absolute Gasteiger partial charge is 0.255 e. The molecule has 3 aromatic rings. The van der Waals surface area contributed by atoms with E-state index in [0.717, 1.165) is 24.3 Å². The van der Waals surface area contributed by atoms with E-state index in [1.54, 1.807) is 24.3 Å². The van der Waals surface area contributed by atoms with Crippen LogP contribution in [0.2, 0.25) is 5.02 Å². The van der Waals surface area contributed by atoms with E-state index in [9.17, 15) is 4.79 Å². The monoisotopic (exact) mass is 406 g/mol. The van der Waals surface area contributed by atoms with Crippen molar-refractivity contribution >= 4 is 28.9 Å². The minimum atomic E-state index is -0.142. The van der Waals surface area contributed by atoms with Crippen molar-refractivity contribution in [3.63, 3.8) is 0 Å². The van der Waals surface area contributed by atoms with E-state index in [-0.39, 0.29) is 5.91 Å². The second kappa shape index (κ2) is 9.01. The van der Waals surface area contributed by atoms with Gasteiger partial charge >= 0.3 is 0 Å². The highest BCUT2D eigenvalue weighted by Crippen LogP contribution is 2.23. The predicted molar refractivity (Wildman–Crippen MR) is 118 cm³/mol. The van der Waals surface area contributed by atoms with Crippen LogP contribution in [0.4, 0.5) is 11.4 Å². The number of benzene rings is 3. The Morgan fingerprint density at radius 2 is 1.62 bits per heavy atom. The van der Waals surface area contributed by atoms with Gasteiger partial charge < -0.3 is 15.0 Å². The maximum atomic E-state index is 12.5. The first-order chi connectivity index (χ1) is 14.2. The van der Waals surface area contributed by atoms with Crippen molar-refractivity contribution in [2.24, 2.45) is 0 Å². The second-order valence-corrected chi connectivity index (χ2v) is 7.51. The summed E-state index contributed by atoms with van der Waals surface area (Å²) in [6.07, 6.45) is 2.49. The highest BCUT2D eigenvalue weighted by atomic mass is 35.5. The number of hydrogen-bond donors (Lipinski definition) is 1. The molecule has 1 heterocycles. The van der Waals surface area contributed by atoms with Gasteiger partial charge in [0.05, 0.1) is 0 Å². The molecule has 0 saturated carbocycles. The van der Waals surface area contributed by atoms with E-state index < -0.39 is 0 Å². The molecular formula is C24H23ClN2O2. The maximum Gasteiger partial charge on any atom is 0.255 e. The van der Waals surface area contributed by atoms with Crippen LogP contribution in [0.25, 0.3) is 0 Å². The first-order valence-corrected chi connectivity index (χ1v) is 10.2. The molecule has 1 aliphatic rings. The van der Waals surface area contributed by atoms with Gasteiger partial charge in [-0.2, -0.15) is 0 Å². The number of anilines is 2. The number of rotatable bonds is 6. The Labute approximate surface area is 176 Å². The molecular weight excluding hydrogens is 384 g/mol. The van der Waals surface area contributed by atoms with Gasteiger partial charge in [0.15, 0.2) is 0 Å². The Morgan fingerprint density at radius 1 is 0.931 bits per heavy atom. The number of hydrogen-bond acceptors (Lipinski definition) is 3. The normalized spacial score (nSPS) is 13.3. The van der Waals surface area contributed by atoms with Crippen molar-refractivity contribution in [3.8, 4) is 5.75 Å². The van der Waals surface area contributed by atoms with Gasteiger partial charge in [0.1, 0.15) is 12.4 Å². The molecule has 148 valence electrons. The Morgan fingerprint density at radius 3 is 2.31 bits per heavy atom. The summed E-state index contributed by atoms with van der Waals surface area (Å²) in [4.78, 5) is 14.9. The molecule has 4 rings (SSSR count). The molecule has 0 aliphatic carbocycles. The molecule has 1 fully saturated rings. The van der Waals surface area contributed by atoms with Crippen molar-refractivity contribution in [2.45, 2.75) is 19.4 Å². The van der Waals surface area contributed by atoms with Crippen molar-refractivity contribution in [2.75, 3.05) is 23.3 Å². The number of amides is 1.